The van der Waals surface area contributed by atoms with Gasteiger partial charge in [0.25, 0.3) is 10.0 Å². The highest BCUT2D eigenvalue weighted by molar-refractivity contribution is 7.92. The molecule has 0 bridgehead atoms. The van der Waals surface area contributed by atoms with Crippen LogP contribution < -0.4 is 28.6 Å². The van der Waals surface area contributed by atoms with Gasteiger partial charge in [0.2, 0.25) is 5.91 Å². The number of hydrogen-bond donors (Lipinski definition) is 1. The Kier molecular flexibility index (Phi) is 8.84. The number of anilines is 2. The average Bonchev–Trinajstić information content (AvgIpc) is 2.87. The molecule has 204 valence electrons. The monoisotopic (exact) mass is 574 g/mol. The van der Waals surface area contributed by atoms with E-state index in [1.807, 2.05) is 0 Å². The number of nitrogens with one attached hydrogen (secondary N) is 1. The summed E-state index contributed by atoms with van der Waals surface area (Å²) in [5, 5.41) is 2.62. The Balaban J connectivity index is 1.98. The summed E-state index contributed by atoms with van der Waals surface area (Å²) in [5.74, 6) is -0.761. The number of sulfonamides is 1. The first-order chi connectivity index (χ1) is 17.9. The number of alkyl halides is 3. The lowest BCUT2D eigenvalue weighted by atomic mass is 10.3. The highest BCUT2D eigenvalue weighted by atomic mass is 35.5. The highest BCUT2D eigenvalue weighted by Crippen LogP contribution is 2.37. The Bertz CT molecular complexity index is 1400. The number of methoxy groups -OCH3 is 3. The number of halogens is 4. The van der Waals surface area contributed by atoms with Crippen molar-refractivity contribution < 1.29 is 45.3 Å². The van der Waals surface area contributed by atoms with Gasteiger partial charge in [-0.05, 0) is 54.6 Å². The summed E-state index contributed by atoms with van der Waals surface area (Å²) in [6, 6.07) is 12.5. The third-order valence-corrected chi connectivity index (χ3v) is 7.00. The zero-order chi connectivity index (χ0) is 28.1. The third-order valence-electron chi connectivity index (χ3n) is 5.01. The Morgan fingerprint density at radius 2 is 1.50 bits per heavy atom. The predicted octanol–water partition coefficient (Wildman–Crippen LogP) is 5.10. The molecule has 1 amide bonds. The molecule has 0 fully saturated rings. The Morgan fingerprint density at radius 3 is 2.08 bits per heavy atom. The van der Waals surface area contributed by atoms with Crippen molar-refractivity contribution in [1.82, 2.24) is 0 Å². The Morgan fingerprint density at radius 1 is 0.895 bits per heavy atom. The van der Waals surface area contributed by atoms with Gasteiger partial charge in [-0.15, -0.1) is 13.2 Å². The minimum atomic E-state index is -4.88. The fourth-order valence-electron chi connectivity index (χ4n) is 3.33. The minimum absolute atomic E-state index is 0.0288. The maximum atomic E-state index is 13.8. The van der Waals surface area contributed by atoms with Crippen molar-refractivity contribution in [1.29, 1.82) is 0 Å². The van der Waals surface area contributed by atoms with Crippen LogP contribution in [-0.4, -0.2) is 48.6 Å². The van der Waals surface area contributed by atoms with E-state index < -0.39 is 34.6 Å². The van der Waals surface area contributed by atoms with Crippen molar-refractivity contribution in [2.75, 3.05) is 37.5 Å². The third kappa shape index (κ3) is 6.92. The number of carbonyl (C=O) groups is 1. The van der Waals surface area contributed by atoms with Crippen LogP contribution in [0.5, 0.6) is 23.0 Å². The van der Waals surface area contributed by atoms with Gasteiger partial charge < -0.3 is 24.3 Å². The molecule has 0 aromatic heterocycles. The number of carbonyl (C=O) groups excluding carboxylic acids is 1. The second-order valence-electron chi connectivity index (χ2n) is 7.46. The highest BCUT2D eigenvalue weighted by Gasteiger charge is 2.32. The summed E-state index contributed by atoms with van der Waals surface area (Å²) in [6.07, 6.45) is -4.88. The van der Waals surface area contributed by atoms with Crippen molar-refractivity contribution >= 4 is 38.9 Å². The van der Waals surface area contributed by atoms with Crippen molar-refractivity contribution in [3.05, 3.63) is 65.7 Å². The molecular formula is C24H22ClF3N2O7S. The van der Waals surface area contributed by atoms with E-state index in [1.165, 1.54) is 69.9 Å². The van der Waals surface area contributed by atoms with Gasteiger partial charge in [-0.1, -0.05) is 11.6 Å². The van der Waals surface area contributed by atoms with Crippen LogP contribution in [0, 0.1) is 0 Å². The van der Waals surface area contributed by atoms with Crippen LogP contribution in [0.25, 0.3) is 0 Å². The van der Waals surface area contributed by atoms with E-state index in [0.29, 0.717) is 0 Å². The summed E-state index contributed by atoms with van der Waals surface area (Å²) in [4.78, 5) is 12.7. The molecule has 0 aliphatic rings. The molecule has 0 radical (unpaired) electrons. The van der Waals surface area contributed by atoms with E-state index in [4.69, 9.17) is 25.8 Å². The molecule has 3 aromatic rings. The Labute approximate surface area is 221 Å². The molecule has 0 aliphatic carbocycles. The van der Waals surface area contributed by atoms with Gasteiger partial charge in [0.15, 0.2) is 11.5 Å². The molecule has 14 heteroatoms. The maximum absolute atomic E-state index is 13.8. The van der Waals surface area contributed by atoms with E-state index in [1.54, 1.807) is 0 Å². The maximum Gasteiger partial charge on any atom is 0.573 e. The number of benzene rings is 3. The molecule has 0 saturated heterocycles. The van der Waals surface area contributed by atoms with Crippen molar-refractivity contribution in [3.63, 3.8) is 0 Å². The van der Waals surface area contributed by atoms with Crippen LogP contribution in [0.1, 0.15) is 0 Å². The SMILES string of the molecule is COc1ccc(S(=O)(=O)N(CC(=O)Nc2ccc(OC(F)(F)F)cc2)c2cc(Cl)ccc2OC)cc1OC. The van der Waals surface area contributed by atoms with Gasteiger partial charge in [-0.2, -0.15) is 0 Å². The van der Waals surface area contributed by atoms with E-state index in [0.717, 1.165) is 16.4 Å². The summed E-state index contributed by atoms with van der Waals surface area (Å²) in [5.41, 5.74) is 0.0740. The van der Waals surface area contributed by atoms with Gasteiger partial charge in [0.05, 0.1) is 31.9 Å². The quantitative estimate of drug-likeness (QED) is 0.359. The summed E-state index contributed by atoms with van der Waals surface area (Å²) in [7, 11) is -0.376. The molecule has 9 nitrogen and oxygen atoms in total. The van der Waals surface area contributed by atoms with Crippen molar-refractivity contribution in [3.8, 4) is 23.0 Å². The smallest absolute Gasteiger partial charge is 0.495 e. The number of hydrogen-bond acceptors (Lipinski definition) is 7. The number of rotatable bonds is 10. The van der Waals surface area contributed by atoms with Crippen LogP contribution in [0.4, 0.5) is 24.5 Å². The van der Waals surface area contributed by atoms with Crippen LogP contribution >= 0.6 is 11.6 Å². The number of amides is 1. The molecule has 0 atom stereocenters. The second kappa shape index (κ2) is 11.7. The first-order valence-electron chi connectivity index (χ1n) is 10.6. The lowest BCUT2D eigenvalue weighted by Gasteiger charge is -2.26. The summed E-state index contributed by atoms with van der Waals surface area (Å²) < 4.78 is 85.0. The Hall–Kier alpha value is -3.84. The van der Waals surface area contributed by atoms with Gasteiger partial charge in [0, 0.05) is 16.8 Å². The van der Waals surface area contributed by atoms with Gasteiger partial charge in [-0.3, -0.25) is 9.10 Å². The van der Waals surface area contributed by atoms with Crippen LogP contribution in [0.15, 0.2) is 65.6 Å². The van der Waals surface area contributed by atoms with Crippen LogP contribution in [0.2, 0.25) is 5.02 Å². The first kappa shape index (κ1) is 28.7. The fourth-order valence-corrected chi connectivity index (χ4v) is 4.94. The largest absolute Gasteiger partial charge is 0.573 e. The second-order valence-corrected chi connectivity index (χ2v) is 9.76. The summed E-state index contributed by atoms with van der Waals surface area (Å²) >= 11 is 6.12. The van der Waals surface area contributed by atoms with E-state index in [2.05, 4.69) is 10.1 Å². The first-order valence-corrected chi connectivity index (χ1v) is 12.4. The predicted molar refractivity (Wildman–Crippen MR) is 134 cm³/mol. The molecule has 0 aliphatic heterocycles. The number of nitrogens with zero attached hydrogens (tertiary/aromatic N) is 1. The minimum Gasteiger partial charge on any atom is -0.495 e. The van der Waals surface area contributed by atoms with E-state index in [9.17, 15) is 26.4 Å². The lowest BCUT2D eigenvalue weighted by Crippen LogP contribution is -2.38. The van der Waals surface area contributed by atoms with E-state index >= 15 is 0 Å². The standard InChI is InChI=1S/C24H22ClF3N2O7S/c1-34-20-10-4-15(25)12-19(20)30(38(32,33)18-9-11-21(35-2)22(13-18)36-3)14-23(31)29-16-5-7-17(8-6-16)37-24(26,27)28/h4-13H,14H2,1-3H3,(H,29,31). The van der Waals surface area contributed by atoms with Crippen molar-refractivity contribution in [2.45, 2.75) is 11.3 Å². The molecule has 0 unspecified atom stereocenters. The molecule has 0 saturated carbocycles. The van der Waals surface area contributed by atoms with Gasteiger partial charge in [-0.25, -0.2) is 8.42 Å². The molecule has 3 rings (SSSR count). The van der Waals surface area contributed by atoms with Crippen molar-refractivity contribution in [2.24, 2.45) is 0 Å². The van der Waals surface area contributed by atoms with Gasteiger partial charge in [0.1, 0.15) is 18.0 Å². The number of ether oxygens (including phenoxy) is 4. The normalized spacial score (nSPS) is 11.4. The van der Waals surface area contributed by atoms with Gasteiger partial charge >= 0.3 is 6.36 Å². The molecule has 1 N–H and O–H groups in total. The topological polar surface area (TPSA) is 103 Å². The zero-order valence-corrected chi connectivity index (χ0v) is 21.8. The fraction of sp³-hybridized carbons (Fsp3) is 0.208. The van der Waals surface area contributed by atoms with Crippen LogP contribution in [-0.2, 0) is 14.8 Å². The molecule has 3 aromatic carbocycles. The molecule has 0 spiro atoms. The zero-order valence-electron chi connectivity index (χ0n) is 20.2. The van der Waals surface area contributed by atoms with Crippen LogP contribution in [0.3, 0.4) is 0 Å². The molecule has 0 heterocycles. The van der Waals surface area contributed by atoms with E-state index in [-0.39, 0.29) is 38.5 Å². The average molecular weight is 575 g/mol. The lowest BCUT2D eigenvalue weighted by molar-refractivity contribution is -0.274. The molecule has 38 heavy (non-hydrogen) atoms. The summed E-state index contributed by atoms with van der Waals surface area (Å²) in [6.45, 7) is -0.742. The molecular weight excluding hydrogens is 553 g/mol.